The second-order valence-electron chi connectivity index (χ2n) is 7.79. The Labute approximate surface area is 240 Å². The Morgan fingerprint density at radius 3 is 1.34 bits per heavy atom. The molecule has 2 rings (SSSR count). The van der Waals surface area contributed by atoms with E-state index in [2.05, 4.69) is 29.2 Å². The van der Waals surface area contributed by atoms with Crippen molar-refractivity contribution in [3.63, 3.8) is 0 Å². The number of amides is 1. The largest absolute Gasteiger partial charge is 1.00 e. The van der Waals surface area contributed by atoms with Crippen LogP contribution in [0.25, 0.3) is 0 Å². The van der Waals surface area contributed by atoms with E-state index >= 15 is 0 Å². The van der Waals surface area contributed by atoms with Gasteiger partial charge < -0.3 is 58.1 Å². The molecule has 1 heterocycles. The molecule has 202 valence electrons. The molecule has 0 saturated carbocycles. The van der Waals surface area contributed by atoms with Crippen molar-refractivity contribution in [1.29, 1.82) is 0 Å². The van der Waals surface area contributed by atoms with Crippen molar-refractivity contribution in [2.75, 3.05) is 26.2 Å². The number of rotatable bonds is 2. The first-order valence-corrected chi connectivity index (χ1v) is 9.64. The summed E-state index contributed by atoms with van der Waals surface area (Å²) in [5, 5.41) is 0. The minimum absolute atomic E-state index is 0. The zero-order chi connectivity index (χ0) is 27.4. The molecule has 1 fully saturated rings. The minimum Gasteiger partial charge on any atom is -1.00 e. The molecule has 35 heavy (non-hydrogen) atoms. The number of hydrogen-bond acceptors (Lipinski definition) is 2. The van der Waals surface area contributed by atoms with Gasteiger partial charge in [0.05, 0.1) is 0 Å². The molecule has 1 aromatic rings. The van der Waals surface area contributed by atoms with Gasteiger partial charge in [-0.25, -0.2) is 0 Å². The number of nitrogens with zero attached hydrogens (tertiary/aromatic N) is 2. The first-order chi connectivity index (χ1) is 15.0. The third kappa shape index (κ3) is 33.6. The van der Waals surface area contributed by atoms with Gasteiger partial charge in [-0.2, -0.15) is 0 Å². The monoisotopic (exact) mass is 561 g/mol. The van der Waals surface area contributed by atoms with Crippen LogP contribution >= 0.6 is 0 Å². The SMILES string of the molecule is CC(C)(C)C(=O)N1CCN(Cc2ccccc2)CC1.F[B-](F)(F)F.F[B-](F)(F)F.F[B-](F)(F)F.[H-].[K+]. The molecule has 0 unspecified atom stereocenters. The van der Waals surface area contributed by atoms with Crippen LogP contribution in [0.4, 0.5) is 51.8 Å². The van der Waals surface area contributed by atoms with Crippen molar-refractivity contribution in [3.05, 3.63) is 35.9 Å². The van der Waals surface area contributed by atoms with Crippen molar-refractivity contribution in [3.8, 4) is 0 Å². The zero-order valence-electron chi connectivity index (χ0n) is 20.5. The predicted molar refractivity (Wildman–Crippen MR) is 109 cm³/mol. The van der Waals surface area contributed by atoms with E-state index in [1.54, 1.807) is 0 Å². The van der Waals surface area contributed by atoms with Gasteiger partial charge in [0, 0.05) is 38.1 Å². The Kier molecular flexibility index (Phi) is 19.3. The van der Waals surface area contributed by atoms with E-state index < -0.39 is 21.8 Å². The molecule has 1 aromatic carbocycles. The van der Waals surface area contributed by atoms with Crippen LogP contribution in [-0.4, -0.2) is 63.6 Å². The quantitative estimate of drug-likeness (QED) is 0.409. The number of hydrogen-bond donors (Lipinski definition) is 0. The maximum Gasteiger partial charge on any atom is 1.00 e. The van der Waals surface area contributed by atoms with Crippen LogP contribution in [0.2, 0.25) is 0 Å². The maximum atomic E-state index is 12.2. The molecule has 0 N–H and O–H groups in total. The third-order valence-corrected chi connectivity index (χ3v) is 3.55. The molecule has 1 saturated heterocycles. The molecular formula is C16H25B3F12KN2O-3. The first kappa shape index (κ1) is 39.2. The van der Waals surface area contributed by atoms with Crippen LogP contribution in [0, 0.1) is 5.41 Å². The fourth-order valence-corrected chi connectivity index (χ4v) is 2.43. The molecular weight excluding hydrogens is 536 g/mol. The molecule has 3 nitrogen and oxygen atoms in total. The Morgan fingerprint density at radius 1 is 0.743 bits per heavy atom. The van der Waals surface area contributed by atoms with Crippen LogP contribution in [0.5, 0.6) is 0 Å². The van der Waals surface area contributed by atoms with Gasteiger partial charge in [-0.15, -0.1) is 0 Å². The van der Waals surface area contributed by atoms with Gasteiger partial charge in [0.15, 0.2) is 0 Å². The van der Waals surface area contributed by atoms with Gasteiger partial charge in [-0.3, -0.25) is 9.69 Å². The first-order valence-electron chi connectivity index (χ1n) is 9.64. The summed E-state index contributed by atoms with van der Waals surface area (Å²) in [5.41, 5.74) is 1.08. The summed E-state index contributed by atoms with van der Waals surface area (Å²) in [6.45, 7) is 10.6. The van der Waals surface area contributed by atoms with Crippen LogP contribution < -0.4 is 51.4 Å². The predicted octanol–water partition coefficient (Wildman–Crippen LogP) is 3.39. The summed E-state index contributed by atoms with van der Waals surface area (Å²) in [6.07, 6.45) is 0. The molecule has 1 aliphatic heterocycles. The van der Waals surface area contributed by atoms with Gasteiger partial charge in [-0.1, -0.05) is 51.1 Å². The van der Waals surface area contributed by atoms with E-state index in [0.29, 0.717) is 0 Å². The average Bonchev–Trinajstić information content (AvgIpc) is 2.57. The smallest absolute Gasteiger partial charge is 1.00 e. The van der Waals surface area contributed by atoms with Crippen molar-refractivity contribution >= 4 is 27.7 Å². The van der Waals surface area contributed by atoms with Crippen molar-refractivity contribution in [2.45, 2.75) is 27.3 Å². The van der Waals surface area contributed by atoms with Crippen molar-refractivity contribution < 1.29 is 109 Å². The van der Waals surface area contributed by atoms with Crippen LogP contribution in [0.3, 0.4) is 0 Å². The number of carbonyl (C=O) groups excluding carboxylic acids is 1. The normalized spacial score (nSPS) is 14.7. The number of benzene rings is 1. The van der Waals surface area contributed by atoms with E-state index in [1.807, 2.05) is 31.7 Å². The Balaban J connectivity index is -0.000000250. The fourth-order valence-electron chi connectivity index (χ4n) is 2.43. The van der Waals surface area contributed by atoms with Crippen molar-refractivity contribution in [2.24, 2.45) is 5.41 Å². The van der Waals surface area contributed by atoms with Gasteiger partial charge >= 0.3 is 73.1 Å². The number of halogens is 12. The Morgan fingerprint density at radius 2 is 1.06 bits per heavy atom. The summed E-state index contributed by atoms with van der Waals surface area (Å²) in [4.78, 5) is 16.6. The molecule has 0 aromatic heterocycles. The zero-order valence-corrected chi connectivity index (χ0v) is 22.6. The van der Waals surface area contributed by atoms with E-state index in [0.717, 1.165) is 32.7 Å². The summed E-state index contributed by atoms with van der Waals surface area (Å²) in [6, 6.07) is 10.5. The van der Waals surface area contributed by atoms with Crippen LogP contribution in [0.15, 0.2) is 30.3 Å². The van der Waals surface area contributed by atoms with E-state index in [9.17, 15) is 56.6 Å². The topological polar surface area (TPSA) is 23.6 Å². The summed E-state index contributed by atoms with van der Waals surface area (Å²) in [7, 11) is -18.0. The van der Waals surface area contributed by atoms with Gasteiger partial charge in [0.2, 0.25) is 5.91 Å². The van der Waals surface area contributed by atoms with Gasteiger partial charge in [0.1, 0.15) is 0 Å². The maximum absolute atomic E-state index is 12.2. The van der Waals surface area contributed by atoms with Crippen molar-refractivity contribution in [1.82, 2.24) is 9.80 Å². The summed E-state index contributed by atoms with van der Waals surface area (Å²) >= 11 is 0. The fraction of sp³-hybridized carbons (Fsp3) is 0.562. The molecule has 0 spiro atoms. The Bertz CT molecular complexity index is 652. The second kappa shape index (κ2) is 17.2. The van der Waals surface area contributed by atoms with Gasteiger partial charge in [0.25, 0.3) is 0 Å². The molecule has 0 aliphatic carbocycles. The standard InChI is InChI=1S/C16H24N2O.3BF4.K.H/c1-16(2,3)15(19)18-11-9-17(10-12-18)13-14-7-5-4-6-8-14;3*2-1(3,4)5;;/h4-8H,9-13H2,1-3H3;;;;;/q;3*-1;+1;-1. The second-order valence-corrected chi connectivity index (χ2v) is 7.79. The molecule has 0 bridgehead atoms. The third-order valence-electron chi connectivity index (χ3n) is 3.55. The van der Waals surface area contributed by atoms with Crippen LogP contribution in [-0.2, 0) is 11.3 Å². The molecule has 0 radical (unpaired) electrons. The molecule has 1 aliphatic rings. The number of piperazine rings is 1. The molecule has 1 amide bonds. The van der Waals surface area contributed by atoms with E-state index in [1.165, 1.54) is 5.56 Å². The van der Waals surface area contributed by atoms with E-state index in [4.69, 9.17) is 0 Å². The molecule has 0 atom stereocenters. The summed E-state index contributed by atoms with van der Waals surface area (Å²) in [5.74, 6) is 0.270. The van der Waals surface area contributed by atoms with Gasteiger partial charge in [-0.05, 0) is 5.56 Å². The summed E-state index contributed by atoms with van der Waals surface area (Å²) < 4.78 is 117. The molecule has 19 heteroatoms. The minimum atomic E-state index is -6.00. The Hall–Kier alpha value is -0.359. The van der Waals surface area contributed by atoms with Crippen LogP contribution in [0.1, 0.15) is 27.8 Å². The average molecular weight is 561 g/mol. The number of carbonyl (C=O) groups is 1. The van der Waals surface area contributed by atoms with E-state index in [-0.39, 0.29) is 64.1 Å².